The Hall–Kier alpha value is -3.96. The first-order valence-corrected chi connectivity index (χ1v) is 15.5. The quantitative estimate of drug-likeness (QED) is 0.113. The number of rotatable bonds is 7. The summed E-state index contributed by atoms with van der Waals surface area (Å²) in [5, 5.41) is -0.489. The van der Waals surface area contributed by atoms with Crippen LogP contribution in [0.5, 0.6) is 5.75 Å². The minimum absolute atomic E-state index is 0.0370. The van der Waals surface area contributed by atoms with Crippen molar-refractivity contribution in [2.75, 3.05) is 31.4 Å². The molecule has 1 atom stereocenters. The fourth-order valence-electron chi connectivity index (χ4n) is 5.38. The summed E-state index contributed by atoms with van der Waals surface area (Å²) in [5.74, 6) is -12.1. The molecule has 4 aromatic rings. The molecular weight excluding hydrogens is 666 g/mol. The molecule has 0 saturated carbocycles. The summed E-state index contributed by atoms with van der Waals surface area (Å²) >= 11 is 6.05. The molecule has 46 heavy (non-hydrogen) atoms. The summed E-state index contributed by atoms with van der Waals surface area (Å²) in [5.41, 5.74) is 0.657. The average molecular weight is 691 g/mol. The van der Waals surface area contributed by atoms with Gasteiger partial charge in [-0.25, -0.2) is 44.7 Å². The standard InChI is InChI=1S/C28H25ClF6N6O4S/c1-12(2)21-22(13(3)5-6-36-21)41-27-15(9-16(31)25(29)37-27)26(38-28(41)42)40-8-7-39(10-14(40)4)46(43,44)24-20(35)18(33)17(32)19(34)23(24)45-11-30/h5-6,9,12,14H,7-8,10-11H2,1-4H3/t14-/m0/s1. The zero-order valence-electron chi connectivity index (χ0n) is 24.6. The van der Waals surface area contributed by atoms with Crippen LogP contribution in [-0.2, 0) is 10.0 Å². The van der Waals surface area contributed by atoms with Crippen LogP contribution in [0.4, 0.5) is 32.2 Å². The van der Waals surface area contributed by atoms with Crippen molar-refractivity contribution in [3.05, 3.63) is 74.3 Å². The van der Waals surface area contributed by atoms with Crippen LogP contribution in [0.15, 0.2) is 28.0 Å². The molecule has 3 aromatic heterocycles. The lowest BCUT2D eigenvalue weighted by Gasteiger charge is -2.40. The molecule has 1 saturated heterocycles. The molecule has 0 N–H and O–H groups in total. The van der Waals surface area contributed by atoms with Crippen molar-refractivity contribution in [2.24, 2.45) is 0 Å². The number of pyridine rings is 2. The number of anilines is 1. The first kappa shape index (κ1) is 33.4. The number of piperazine rings is 1. The largest absolute Gasteiger partial charge is 0.458 e. The van der Waals surface area contributed by atoms with Crippen molar-refractivity contribution < 1.29 is 39.5 Å². The van der Waals surface area contributed by atoms with Crippen LogP contribution in [0.3, 0.4) is 0 Å². The van der Waals surface area contributed by atoms with Crippen LogP contribution in [0.2, 0.25) is 5.15 Å². The van der Waals surface area contributed by atoms with Crippen molar-refractivity contribution in [1.82, 2.24) is 23.8 Å². The fourth-order valence-corrected chi connectivity index (χ4v) is 7.21. The van der Waals surface area contributed by atoms with E-state index in [1.54, 1.807) is 19.2 Å². The highest BCUT2D eigenvalue weighted by atomic mass is 35.5. The molecule has 0 spiro atoms. The van der Waals surface area contributed by atoms with Crippen LogP contribution < -0.4 is 15.3 Å². The van der Waals surface area contributed by atoms with E-state index in [9.17, 15) is 39.6 Å². The van der Waals surface area contributed by atoms with Gasteiger partial charge in [0.2, 0.25) is 28.5 Å². The normalized spacial score (nSPS) is 16.1. The number of halogens is 7. The van der Waals surface area contributed by atoms with Crippen LogP contribution in [0, 0.1) is 36.0 Å². The van der Waals surface area contributed by atoms with Crippen molar-refractivity contribution in [2.45, 2.75) is 44.6 Å². The van der Waals surface area contributed by atoms with Gasteiger partial charge >= 0.3 is 5.69 Å². The van der Waals surface area contributed by atoms with Gasteiger partial charge in [0.05, 0.1) is 16.8 Å². The van der Waals surface area contributed by atoms with Crippen LogP contribution in [-0.4, -0.2) is 64.8 Å². The molecule has 5 rings (SSSR count). The van der Waals surface area contributed by atoms with Gasteiger partial charge in [-0.3, -0.25) is 4.98 Å². The Morgan fingerprint density at radius 1 is 1.07 bits per heavy atom. The number of hydrogen-bond acceptors (Lipinski definition) is 8. The van der Waals surface area contributed by atoms with Gasteiger partial charge in [-0.15, -0.1) is 0 Å². The van der Waals surface area contributed by atoms with Crippen LogP contribution in [0.25, 0.3) is 16.7 Å². The van der Waals surface area contributed by atoms with Gasteiger partial charge in [-0.2, -0.15) is 13.7 Å². The Kier molecular flexibility index (Phi) is 8.96. The molecule has 246 valence electrons. The number of aromatic nitrogens is 4. The van der Waals surface area contributed by atoms with E-state index in [4.69, 9.17) is 11.6 Å². The van der Waals surface area contributed by atoms with Gasteiger partial charge in [0, 0.05) is 31.9 Å². The first-order valence-electron chi connectivity index (χ1n) is 13.7. The Morgan fingerprint density at radius 3 is 2.37 bits per heavy atom. The minimum atomic E-state index is -5.16. The summed E-state index contributed by atoms with van der Waals surface area (Å²) in [6.45, 7) is 3.85. The summed E-state index contributed by atoms with van der Waals surface area (Å²) < 4.78 is 118. The third-order valence-corrected chi connectivity index (χ3v) is 9.68. The first-order chi connectivity index (χ1) is 21.6. The summed E-state index contributed by atoms with van der Waals surface area (Å²) in [6, 6.07) is 1.81. The lowest BCUT2D eigenvalue weighted by molar-refractivity contribution is 0.173. The van der Waals surface area contributed by atoms with Crippen molar-refractivity contribution >= 4 is 38.5 Å². The number of aryl methyl sites for hydroxylation is 1. The predicted molar refractivity (Wildman–Crippen MR) is 155 cm³/mol. The molecule has 0 bridgehead atoms. The molecular formula is C28H25ClF6N6O4S. The van der Waals surface area contributed by atoms with Gasteiger partial charge in [0.25, 0.3) is 0 Å². The Bertz CT molecular complexity index is 2050. The van der Waals surface area contributed by atoms with E-state index in [1.165, 1.54) is 16.4 Å². The van der Waals surface area contributed by atoms with Gasteiger partial charge in [-0.1, -0.05) is 25.4 Å². The van der Waals surface area contributed by atoms with Gasteiger partial charge in [-0.05, 0) is 37.5 Å². The predicted octanol–water partition coefficient (Wildman–Crippen LogP) is 5.16. The highest BCUT2D eigenvalue weighted by Gasteiger charge is 2.41. The minimum Gasteiger partial charge on any atom is -0.458 e. The Morgan fingerprint density at radius 2 is 1.74 bits per heavy atom. The van der Waals surface area contributed by atoms with E-state index in [-0.39, 0.29) is 29.3 Å². The maximum Gasteiger partial charge on any atom is 0.355 e. The van der Waals surface area contributed by atoms with Crippen LogP contribution >= 0.6 is 11.6 Å². The number of fused-ring (bicyclic) bond motifs is 1. The molecule has 1 fully saturated rings. The second kappa shape index (κ2) is 12.3. The molecule has 10 nitrogen and oxygen atoms in total. The van der Waals surface area contributed by atoms with E-state index < -0.39 is 86.6 Å². The van der Waals surface area contributed by atoms with Gasteiger partial charge in [0.1, 0.15) is 5.82 Å². The monoisotopic (exact) mass is 690 g/mol. The number of benzene rings is 1. The van der Waals surface area contributed by atoms with Crippen LogP contribution in [0.1, 0.15) is 37.9 Å². The van der Waals surface area contributed by atoms with E-state index in [0.29, 0.717) is 21.2 Å². The second-order valence-electron chi connectivity index (χ2n) is 10.8. The smallest absolute Gasteiger partial charge is 0.355 e. The number of alkyl halides is 1. The lowest BCUT2D eigenvalue weighted by Crippen LogP contribution is -2.54. The van der Waals surface area contributed by atoms with Crippen molar-refractivity contribution in [3.8, 4) is 11.4 Å². The SMILES string of the molecule is Cc1ccnc(C(C)C)c1-n1c(=O)nc(N2CCN(S(=O)(=O)c3c(F)c(F)c(F)c(F)c3OCF)C[C@@H]2C)c2cc(F)c(Cl)nc21. The molecule has 1 aliphatic heterocycles. The number of nitrogens with zero attached hydrogens (tertiary/aromatic N) is 6. The Labute approximate surface area is 263 Å². The fraction of sp³-hybridized carbons (Fsp3) is 0.357. The molecule has 0 amide bonds. The molecule has 18 heteroatoms. The van der Waals surface area contributed by atoms with Gasteiger partial charge in [0.15, 0.2) is 38.9 Å². The topological polar surface area (TPSA) is 111 Å². The van der Waals surface area contributed by atoms with E-state index >= 15 is 0 Å². The van der Waals surface area contributed by atoms with Crippen molar-refractivity contribution in [3.63, 3.8) is 0 Å². The zero-order chi connectivity index (χ0) is 33.8. The Balaban J connectivity index is 1.61. The molecule has 4 heterocycles. The summed E-state index contributed by atoms with van der Waals surface area (Å²) in [4.78, 5) is 26.2. The highest BCUT2D eigenvalue weighted by Crippen LogP contribution is 2.38. The summed E-state index contributed by atoms with van der Waals surface area (Å²) in [6.07, 6.45) is 1.58. The average Bonchev–Trinajstić information content (AvgIpc) is 2.99. The number of ether oxygens (including phenoxy) is 1. The molecule has 1 aromatic carbocycles. The van der Waals surface area contributed by atoms with E-state index in [2.05, 4.69) is 19.7 Å². The maximum absolute atomic E-state index is 14.9. The third kappa shape index (κ3) is 5.43. The molecule has 0 unspecified atom stereocenters. The highest BCUT2D eigenvalue weighted by molar-refractivity contribution is 7.89. The molecule has 0 radical (unpaired) electrons. The molecule has 1 aliphatic rings. The number of sulfonamides is 1. The van der Waals surface area contributed by atoms with E-state index in [1.807, 2.05) is 13.8 Å². The third-order valence-electron chi connectivity index (χ3n) is 7.53. The number of hydrogen-bond donors (Lipinski definition) is 0. The maximum atomic E-state index is 14.9. The van der Waals surface area contributed by atoms with E-state index in [0.717, 1.165) is 6.07 Å². The van der Waals surface area contributed by atoms with Gasteiger partial charge < -0.3 is 9.64 Å². The zero-order valence-corrected chi connectivity index (χ0v) is 26.2. The summed E-state index contributed by atoms with van der Waals surface area (Å²) in [7, 11) is -5.16. The lowest BCUT2D eigenvalue weighted by atomic mass is 10.0. The molecule has 0 aliphatic carbocycles. The second-order valence-corrected chi connectivity index (χ2v) is 13.0. The van der Waals surface area contributed by atoms with Crippen molar-refractivity contribution in [1.29, 1.82) is 0 Å².